The predicted molar refractivity (Wildman–Crippen MR) is 102 cm³/mol. The quantitative estimate of drug-likeness (QED) is 0.702. The molecule has 0 radical (unpaired) electrons. The lowest BCUT2D eigenvalue weighted by atomic mass is 9.67. The van der Waals surface area contributed by atoms with Gasteiger partial charge in [0.2, 0.25) is 0 Å². The minimum Gasteiger partial charge on any atom is -0.481 e. The highest BCUT2D eigenvalue weighted by Gasteiger charge is 2.61. The Hall–Kier alpha value is -3.44. The molecule has 3 aromatic rings. The molecule has 1 aliphatic heterocycles. The van der Waals surface area contributed by atoms with E-state index >= 15 is 0 Å². The lowest BCUT2D eigenvalue weighted by Crippen LogP contribution is -2.57. The molecule has 0 saturated carbocycles. The summed E-state index contributed by atoms with van der Waals surface area (Å²) in [6, 6.07) is 24.7. The zero-order valence-corrected chi connectivity index (χ0v) is 14.9. The molecule has 140 valence electrons. The van der Waals surface area contributed by atoms with E-state index in [0.717, 1.165) is 11.1 Å². The molecule has 1 aliphatic rings. The Balaban J connectivity index is 1.85. The molecule has 28 heavy (non-hydrogen) atoms. The number of hydrogen-bond donors (Lipinski definition) is 2. The molecule has 1 fully saturated rings. The van der Waals surface area contributed by atoms with Crippen LogP contribution in [0.4, 0.5) is 0 Å². The van der Waals surface area contributed by atoms with Crippen LogP contribution in [0.3, 0.4) is 0 Å². The van der Waals surface area contributed by atoms with Crippen LogP contribution >= 0.6 is 0 Å². The van der Waals surface area contributed by atoms with Gasteiger partial charge in [0.05, 0.1) is 5.56 Å². The first-order valence-electron chi connectivity index (χ1n) is 8.89. The predicted octanol–water partition coefficient (Wildman–Crippen LogP) is 4.10. The molecule has 2 N–H and O–H groups in total. The molecule has 0 aliphatic carbocycles. The fourth-order valence-corrected chi connectivity index (χ4v) is 3.90. The Morgan fingerprint density at radius 2 is 1.29 bits per heavy atom. The number of carboxylic acid groups (broad SMARTS) is 2. The van der Waals surface area contributed by atoms with Gasteiger partial charge in [-0.05, 0) is 28.8 Å². The largest absolute Gasteiger partial charge is 0.481 e. The lowest BCUT2D eigenvalue weighted by molar-refractivity contribution is -0.252. The van der Waals surface area contributed by atoms with Crippen molar-refractivity contribution in [3.8, 4) is 0 Å². The summed E-state index contributed by atoms with van der Waals surface area (Å²) in [5.41, 5.74) is 1.08. The summed E-state index contributed by atoms with van der Waals surface area (Å²) >= 11 is 0. The summed E-state index contributed by atoms with van der Waals surface area (Å²) in [7, 11) is 0. The van der Waals surface area contributed by atoms with Gasteiger partial charge >= 0.3 is 11.9 Å². The van der Waals surface area contributed by atoms with Gasteiger partial charge in [-0.1, -0.05) is 72.8 Å². The van der Waals surface area contributed by atoms with Crippen molar-refractivity contribution in [2.45, 2.75) is 11.7 Å². The summed E-state index contributed by atoms with van der Waals surface area (Å²) in [4.78, 5) is 23.5. The van der Waals surface area contributed by atoms with Crippen LogP contribution in [0.15, 0.2) is 84.9 Å². The van der Waals surface area contributed by atoms with Crippen molar-refractivity contribution in [3.05, 3.63) is 107 Å². The number of aliphatic carboxylic acids is 1. The third kappa shape index (κ3) is 2.77. The van der Waals surface area contributed by atoms with Crippen molar-refractivity contribution in [1.82, 2.24) is 0 Å². The second-order valence-electron chi connectivity index (χ2n) is 6.75. The Kier molecular flexibility index (Phi) is 4.45. The van der Waals surface area contributed by atoms with Crippen molar-refractivity contribution in [2.75, 3.05) is 0 Å². The molecule has 0 bridgehead atoms. The summed E-state index contributed by atoms with van der Waals surface area (Å²) in [6.07, 6.45) is -0.599. The van der Waals surface area contributed by atoms with E-state index in [4.69, 9.17) is 4.74 Å². The summed E-state index contributed by atoms with van der Waals surface area (Å²) in [5, 5.41) is 19.3. The molecule has 1 heterocycles. The zero-order chi connectivity index (χ0) is 19.7. The van der Waals surface area contributed by atoms with Crippen LogP contribution in [0.2, 0.25) is 0 Å². The first-order valence-corrected chi connectivity index (χ1v) is 8.89. The number of aromatic carboxylic acids is 1. The summed E-state index contributed by atoms with van der Waals surface area (Å²) in [5.74, 6) is -2.86. The normalized spacial score (nSPS) is 23.6. The van der Waals surface area contributed by atoms with Gasteiger partial charge in [-0.25, -0.2) is 4.79 Å². The molecular weight excluding hydrogens is 356 g/mol. The molecule has 0 unspecified atom stereocenters. The average molecular weight is 374 g/mol. The van der Waals surface area contributed by atoms with Crippen LogP contribution in [0, 0.1) is 5.92 Å². The van der Waals surface area contributed by atoms with Crippen molar-refractivity contribution >= 4 is 11.9 Å². The number of rotatable bonds is 5. The second-order valence-corrected chi connectivity index (χ2v) is 6.75. The van der Waals surface area contributed by atoms with Crippen molar-refractivity contribution < 1.29 is 24.5 Å². The lowest BCUT2D eigenvalue weighted by Gasteiger charge is -2.53. The third-order valence-corrected chi connectivity index (χ3v) is 5.21. The molecule has 1 saturated heterocycles. The van der Waals surface area contributed by atoms with Crippen LogP contribution in [0.25, 0.3) is 0 Å². The summed E-state index contributed by atoms with van der Waals surface area (Å²) < 4.78 is 6.33. The van der Waals surface area contributed by atoms with E-state index in [0.29, 0.717) is 5.56 Å². The second kappa shape index (κ2) is 6.94. The molecule has 4 rings (SSSR count). The smallest absolute Gasteiger partial charge is 0.335 e. The van der Waals surface area contributed by atoms with Gasteiger partial charge in [-0.15, -0.1) is 0 Å². The monoisotopic (exact) mass is 374 g/mol. The zero-order valence-electron chi connectivity index (χ0n) is 14.9. The maximum absolute atomic E-state index is 12.3. The van der Waals surface area contributed by atoms with E-state index < -0.39 is 29.6 Å². The molecular formula is C23H18O5. The molecule has 5 nitrogen and oxygen atoms in total. The number of ether oxygens (including phenoxy) is 1. The minimum absolute atomic E-state index is 0.137. The SMILES string of the molecule is O=C(O)c1ccc([C@@]2(c3ccccc3)O[C@H](c3ccccc3)[C@H]2C(=O)O)cc1. The maximum Gasteiger partial charge on any atom is 0.335 e. The Labute approximate surface area is 161 Å². The van der Waals surface area contributed by atoms with Gasteiger partial charge in [-0.2, -0.15) is 0 Å². The van der Waals surface area contributed by atoms with Crippen LogP contribution in [0.5, 0.6) is 0 Å². The van der Waals surface area contributed by atoms with Gasteiger partial charge in [0, 0.05) is 0 Å². The van der Waals surface area contributed by atoms with Gasteiger partial charge in [0.25, 0.3) is 0 Å². The topological polar surface area (TPSA) is 83.8 Å². The van der Waals surface area contributed by atoms with E-state index in [1.54, 1.807) is 12.1 Å². The van der Waals surface area contributed by atoms with Gasteiger partial charge in [0.1, 0.15) is 17.6 Å². The van der Waals surface area contributed by atoms with Crippen molar-refractivity contribution in [1.29, 1.82) is 0 Å². The van der Waals surface area contributed by atoms with E-state index in [-0.39, 0.29) is 5.56 Å². The van der Waals surface area contributed by atoms with E-state index in [1.165, 1.54) is 12.1 Å². The summed E-state index contributed by atoms with van der Waals surface area (Å²) in [6.45, 7) is 0. The highest BCUT2D eigenvalue weighted by molar-refractivity contribution is 5.87. The van der Waals surface area contributed by atoms with Crippen LogP contribution < -0.4 is 0 Å². The number of benzene rings is 3. The van der Waals surface area contributed by atoms with Crippen LogP contribution in [-0.4, -0.2) is 22.2 Å². The van der Waals surface area contributed by atoms with E-state index in [2.05, 4.69) is 0 Å². The van der Waals surface area contributed by atoms with E-state index in [9.17, 15) is 19.8 Å². The standard InChI is InChI=1S/C23H18O5/c24-21(25)16-11-13-18(14-12-16)23(17-9-5-2-6-10-17)19(22(26)27)20(28-23)15-7-3-1-4-8-15/h1-14,19-20H,(H,24,25)(H,26,27)/t19-,20+,23+/m0/s1. The highest BCUT2D eigenvalue weighted by Crippen LogP contribution is 2.58. The van der Waals surface area contributed by atoms with Crippen LogP contribution in [0.1, 0.15) is 33.2 Å². The Morgan fingerprint density at radius 1 is 0.750 bits per heavy atom. The first kappa shape index (κ1) is 17.9. The first-order chi connectivity index (χ1) is 13.5. The molecule has 3 atom stereocenters. The van der Waals surface area contributed by atoms with E-state index in [1.807, 2.05) is 60.7 Å². The maximum atomic E-state index is 12.3. The molecule has 0 spiro atoms. The highest BCUT2D eigenvalue weighted by atomic mass is 16.5. The van der Waals surface area contributed by atoms with Crippen molar-refractivity contribution in [3.63, 3.8) is 0 Å². The number of carboxylic acids is 2. The van der Waals surface area contributed by atoms with Crippen LogP contribution in [-0.2, 0) is 15.1 Å². The number of hydrogen-bond acceptors (Lipinski definition) is 3. The average Bonchev–Trinajstić information content (AvgIpc) is 2.69. The van der Waals surface area contributed by atoms with Gasteiger partial charge < -0.3 is 14.9 Å². The Morgan fingerprint density at radius 3 is 1.82 bits per heavy atom. The minimum atomic E-state index is -1.19. The number of carbonyl (C=O) groups is 2. The molecule has 0 amide bonds. The Bertz CT molecular complexity index is 998. The third-order valence-electron chi connectivity index (χ3n) is 5.21. The van der Waals surface area contributed by atoms with Gasteiger partial charge in [-0.3, -0.25) is 4.79 Å². The molecule has 5 heteroatoms. The fourth-order valence-electron chi connectivity index (χ4n) is 3.90. The van der Waals surface area contributed by atoms with Gasteiger partial charge in [0.15, 0.2) is 0 Å². The van der Waals surface area contributed by atoms with Crippen molar-refractivity contribution in [2.24, 2.45) is 5.92 Å². The molecule has 0 aromatic heterocycles. The fraction of sp³-hybridized carbons (Fsp3) is 0.130. The molecule has 3 aromatic carbocycles.